The Kier molecular flexibility index (Phi) is 5.34. The van der Waals surface area contributed by atoms with Crippen LogP contribution in [-0.2, 0) is 9.59 Å². The number of aliphatic hydroxyl groups excluding tert-OH is 1. The van der Waals surface area contributed by atoms with Crippen molar-refractivity contribution < 1.29 is 24.0 Å². The van der Waals surface area contributed by atoms with Gasteiger partial charge in [-0.1, -0.05) is 56.3 Å². The topological polar surface area (TPSA) is 92.9 Å². The third kappa shape index (κ3) is 3.56. The van der Waals surface area contributed by atoms with Gasteiger partial charge in [0.25, 0.3) is 5.91 Å². The summed E-state index contributed by atoms with van der Waals surface area (Å²) >= 11 is 0. The second kappa shape index (κ2) is 8.00. The molecule has 7 heteroatoms. The number of hydrogen-bond acceptors (Lipinski definition) is 6. The highest BCUT2D eigenvalue weighted by molar-refractivity contribution is 6.17. The predicted octanol–water partition coefficient (Wildman–Crippen LogP) is 4.87. The molecular weight excluding hydrogens is 408 g/mol. The fraction of sp³-hybridized carbons (Fsp3) is 0.240. The van der Waals surface area contributed by atoms with Crippen LogP contribution in [0.25, 0.3) is 11.3 Å². The normalized spacial score (nSPS) is 16.6. The van der Waals surface area contributed by atoms with Crippen LogP contribution in [0.15, 0.2) is 76.7 Å². The number of Topliss-reactive ketones (excluding diaryl/α,β-unsaturated/α-hetero) is 1. The monoisotopic (exact) mass is 432 g/mol. The molecule has 0 radical (unpaired) electrons. The zero-order valence-corrected chi connectivity index (χ0v) is 18.3. The Labute approximate surface area is 185 Å². The van der Waals surface area contributed by atoms with E-state index in [0.29, 0.717) is 22.7 Å². The molecule has 1 aliphatic rings. The van der Waals surface area contributed by atoms with Crippen molar-refractivity contribution in [2.75, 3.05) is 12.0 Å². The van der Waals surface area contributed by atoms with E-state index in [2.05, 4.69) is 5.16 Å². The molecule has 7 nitrogen and oxygen atoms in total. The van der Waals surface area contributed by atoms with E-state index in [1.807, 2.05) is 12.1 Å². The van der Waals surface area contributed by atoms with Gasteiger partial charge in [0, 0.05) is 28.3 Å². The largest absolute Gasteiger partial charge is 0.503 e. The Bertz CT molecular complexity index is 1190. The van der Waals surface area contributed by atoms with Gasteiger partial charge in [-0.15, -0.1) is 0 Å². The maximum absolute atomic E-state index is 13.3. The molecular formula is C25H24N2O5. The fourth-order valence-electron chi connectivity index (χ4n) is 3.85. The second-order valence-corrected chi connectivity index (χ2v) is 8.59. The van der Waals surface area contributed by atoms with Crippen LogP contribution in [0.3, 0.4) is 0 Å². The molecule has 164 valence electrons. The van der Waals surface area contributed by atoms with Crippen LogP contribution in [0.4, 0.5) is 5.69 Å². The molecule has 4 rings (SSSR count). The number of aromatic nitrogens is 1. The quantitative estimate of drug-likeness (QED) is 0.619. The van der Waals surface area contributed by atoms with Crippen molar-refractivity contribution in [3.8, 4) is 17.0 Å². The summed E-state index contributed by atoms with van der Waals surface area (Å²) < 4.78 is 10.4. The van der Waals surface area contributed by atoms with Gasteiger partial charge in [0.2, 0.25) is 0 Å². The van der Waals surface area contributed by atoms with E-state index >= 15 is 0 Å². The van der Waals surface area contributed by atoms with Crippen LogP contribution in [0.5, 0.6) is 5.75 Å². The molecule has 1 unspecified atom stereocenters. The average Bonchev–Trinajstić information content (AvgIpc) is 3.40. The minimum absolute atomic E-state index is 0.0626. The molecule has 0 saturated heterocycles. The van der Waals surface area contributed by atoms with Crippen LogP contribution in [-0.4, -0.2) is 29.1 Å². The van der Waals surface area contributed by atoms with Gasteiger partial charge in [-0.05, 0) is 18.2 Å². The first-order chi connectivity index (χ1) is 15.2. The number of ether oxygens (including phenoxy) is 1. The number of amides is 1. The van der Waals surface area contributed by atoms with E-state index in [1.165, 1.54) is 18.3 Å². The van der Waals surface area contributed by atoms with Crippen molar-refractivity contribution in [1.82, 2.24) is 5.16 Å². The summed E-state index contributed by atoms with van der Waals surface area (Å²) in [6.07, 6.45) is 1.48. The van der Waals surface area contributed by atoms with Crippen molar-refractivity contribution >= 4 is 17.4 Å². The molecule has 2 aromatic carbocycles. The number of methoxy groups -OCH3 is 1. The number of carbonyl (C=O) groups excluding carboxylic acids is 2. The van der Waals surface area contributed by atoms with Crippen LogP contribution in [0, 0.1) is 5.41 Å². The lowest BCUT2D eigenvalue weighted by molar-refractivity contribution is -0.123. The molecule has 1 atom stereocenters. The standard InChI is InChI=1S/C25H24N2O5/c1-25(2,3)23(29)20-21(17-7-5-6-8-19(17)31-4)27(24(30)22(20)28)16-11-9-15(10-12-16)18-13-14-32-26-18/h5-14,21,28H,1-4H3. The molecule has 0 bridgehead atoms. The smallest absolute Gasteiger partial charge is 0.294 e. The highest BCUT2D eigenvalue weighted by Gasteiger charge is 2.47. The fourth-order valence-corrected chi connectivity index (χ4v) is 3.85. The summed E-state index contributed by atoms with van der Waals surface area (Å²) in [5, 5.41) is 14.8. The van der Waals surface area contributed by atoms with Gasteiger partial charge in [0.15, 0.2) is 11.5 Å². The molecule has 32 heavy (non-hydrogen) atoms. The Balaban J connectivity index is 1.86. The number of rotatable bonds is 5. The van der Waals surface area contributed by atoms with E-state index in [-0.39, 0.29) is 11.4 Å². The van der Waals surface area contributed by atoms with Gasteiger partial charge in [-0.25, -0.2) is 0 Å². The molecule has 0 aliphatic carbocycles. The highest BCUT2D eigenvalue weighted by Crippen LogP contribution is 2.45. The molecule has 1 aromatic heterocycles. The van der Waals surface area contributed by atoms with Crippen LogP contribution < -0.4 is 9.64 Å². The van der Waals surface area contributed by atoms with Crippen molar-refractivity contribution in [2.24, 2.45) is 5.41 Å². The van der Waals surface area contributed by atoms with Crippen LogP contribution in [0.2, 0.25) is 0 Å². The second-order valence-electron chi connectivity index (χ2n) is 8.59. The number of hydrogen-bond donors (Lipinski definition) is 1. The molecule has 1 N–H and O–H groups in total. The molecule has 2 heterocycles. The number of ketones is 1. The number of para-hydroxylation sites is 1. The third-order valence-electron chi connectivity index (χ3n) is 5.45. The Hall–Kier alpha value is -3.87. The maximum Gasteiger partial charge on any atom is 0.294 e. The summed E-state index contributed by atoms with van der Waals surface area (Å²) in [4.78, 5) is 28.0. The molecule has 0 fully saturated rings. The molecule has 0 saturated carbocycles. The van der Waals surface area contributed by atoms with Gasteiger partial charge in [-0.3, -0.25) is 14.5 Å². The molecule has 1 aliphatic heterocycles. The number of nitrogens with zero attached hydrogens (tertiary/aromatic N) is 2. The minimum Gasteiger partial charge on any atom is -0.503 e. The van der Waals surface area contributed by atoms with Crippen LogP contribution in [0.1, 0.15) is 32.4 Å². The SMILES string of the molecule is COc1ccccc1C1C(C(=O)C(C)(C)C)=C(O)C(=O)N1c1ccc(-c2ccon2)cc1. The Morgan fingerprint density at radius 1 is 1.09 bits per heavy atom. The van der Waals surface area contributed by atoms with Gasteiger partial charge >= 0.3 is 0 Å². The molecule has 1 amide bonds. The van der Waals surface area contributed by atoms with Gasteiger partial charge < -0.3 is 14.4 Å². The Morgan fingerprint density at radius 2 is 1.78 bits per heavy atom. The van der Waals surface area contributed by atoms with Gasteiger partial charge in [-0.2, -0.15) is 0 Å². The summed E-state index contributed by atoms with van der Waals surface area (Å²) in [7, 11) is 1.53. The van der Waals surface area contributed by atoms with Crippen molar-refractivity contribution in [1.29, 1.82) is 0 Å². The first-order valence-corrected chi connectivity index (χ1v) is 10.2. The van der Waals surface area contributed by atoms with Crippen molar-refractivity contribution in [2.45, 2.75) is 26.8 Å². The van der Waals surface area contributed by atoms with Gasteiger partial charge in [0.1, 0.15) is 17.7 Å². The highest BCUT2D eigenvalue weighted by atomic mass is 16.5. The molecule has 0 spiro atoms. The number of anilines is 1. The van der Waals surface area contributed by atoms with Crippen molar-refractivity contribution in [3.63, 3.8) is 0 Å². The summed E-state index contributed by atoms with van der Waals surface area (Å²) in [5.74, 6) is -0.964. The first-order valence-electron chi connectivity index (χ1n) is 10.2. The lowest BCUT2D eigenvalue weighted by Crippen LogP contribution is -2.33. The first kappa shape index (κ1) is 21.4. The lowest BCUT2D eigenvalue weighted by atomic mass is 9.82. The van der Waals surface area contributed by atoms with Crippen LogP contribution >= 0.6 is 0 Å². The zero-order valence-electron chi connectivity index (χ0n) is 18.3. The van der Waals surface area contributed by atoms with E-state index in [1.54, 1.807) is 63.2 Å². The van der Waals surface area contributed by atoms with E-state index in [9.17, 15) is 14.7 Å². The maximum atomic E-state index is 13.3. The summed E-state index contributed by atoms with van der Waals surface area (Å²) in [6, 6.07) is 15.2. The number of carbonyl (C=O) groups is 2. The third-order valence-corrected chi connectivity index (χ3v) is 5.45. The van der Waals surface area contributed by atoms with Crippen molar-refractivity contribution in [3.05, 3.63) is 77.8 Å². The minimum atomic E-state index is -0.830. The number of aliphatic hydroxyl groups is 1. The van der Waals surface area contributed by atoms with E-state index in [0.717, 1.165) is 5.56 Å². The lowest BCUT2D eigenvalue weighted by Gasteiger charge is -2.29. The number of benzene rings is 2. The van der Waals surface area contributed by atoms with E-state index in [4.69, 9.17) is 9.26 Å². The predicted molar refractivity (Wildman–Crippen MR) is 119 cm³/mol. The average molecular weight is 432 g/mol. The molecule has 3 aromatic rings. The zero-order chi connectivity index (χ0) is 23.0. The Morgan fingerprint density at radius 3 is 2.38 bits per heavy atom. The summed E-state index contributed by atoms with van der Waals surface area (Å²) in [5.41, 5.74) is 1.88. The van der Waals surface area contributed by atoms with E-state index < -0.39 is 23.1 Å². The summed E-state index contributed by atoms with van der Waals surface area (Å²) in [6.45, 7) is 5.28. The van der Waals surface area contributed by atoms with Gasteiger partial charge in [0.05, 0.1) is 18.7 Å².